The largest absolute Gasteiger partial charge is 0.543 e. The molecule has 1 aliphatic rings. The van der Waals surface area contributed by atoms with Crippen molar-refractivity contribution in [1.82, 2.24) is 5.32 Å². The molecule has 3 rings (SSSR count). The van der Waals surface area contributed by atoms with Crippen LogP contribution in [-0.2, 0) is 15.8 Å². The number of carboxylic acid groups (broad SMARTS) is 1. The summed E-state index contributed by atoms with van der Waals surface area (Å²) in [5.41, 5.74) is -0.863. The van der Waals surface area contributed by atoms with E-state index in [0.717, 1.165) is 38.2 Å². The van der Waals surface area contributed by atoms with Gasteiger partial charge in [0, 0.05) is 6.42 Å². The third-order valence-electron chi connectivity index (χ3n) is 5.36. The summed E-state index contributed by atoms with van der Waals surface area (Å²) in [6, 6.07) is 10.6. The number of halogens is 3. The maximum absolute atomic E-state index is 13.1. The van der Waals surface area contributed by atoms with Crippen molar-refractivity contribution in [2.24, 2.45) is 5.92 Å². The van der Waals surface area contributed by atoms with E-state index in [2.05, 4.69) is 5.32 Å². The van der Waals surface area contributed by atoms with Crippen molar-refractivity contribution < 1.29 is 32.6 Å². The van der Waals surface area contributed by atoms with Gasteiger partial charge in [-0.1, -0.05) is 49.9 Å². The molecular weight excluding hydrogens is 423 g/mol. The third kappa shape index (κ3) is 6.60. The predicted octanol–water partition coefficient (Wildman–Crippen LogP) is 4.68. The number of carbonyl (C=O) groups is 2. The average molecular weight is 446 g/mol. The number of nitrogens with one attached hydrogen (secondary N) is 1. The highest BCUT2D eigenvalue weighted by molar-refractivity contribution is 5.95. The van der Waals surface area contributed by atoms with Crippen LogP contribution in [0.4, 0.5) is 13.2 Å². The molecule has 0 saturated heterocycles. The Kier molecular flexibility index (Phi) is 7.56. The van der Waals surface area contributed by atoms with Gasteiger partial charge in [-0.25, -0.2) is 0 Å². The van der Waals surface area contributed by atoms with E-state index < -0.39 is 23.6 Å². The molecular formula is C24H23F3NO4-. The summed E-state index contributed by atoms with van der Waals surface area (Å²) >= 11 is 0. The number of carbonyl (C=O) groups excluding carboxylic acids is 2. The summed E-state index contributed by atoms with van der Waals surface area (Å²) in [6.07, 6.45) is 2.15. The lowest BCUT2D eigenvalue weighted by Crippen LogP contribution is -2.35. The number of ether oxygens (including phenoxy) is 1. The van der Waals surface area contributed by atoms with Crippen molar-refractivity contribution in [1.29, 1.82) is 0 Å². The molecule has 1 aliphatic carbocycles. The number of benzene rings is 2. The van der Waals surface area contributed by atoms with Crippen LogP contribution in [0.5, 0.6) is 11.5 Å². The van der Waals surface area contributed by atoms with Crippen molar-refractivity contribution >= 4 is 18.0 Å². The van der Waals surface area contributed by atoms with Crippen molar-refractivity contribution in [3.05, 3.63) is 65.4 Å². The van der Waals surface area contributed by atoms with Gasteiger partial charge in [0.25, 0.3) is 0 Å². The molecule has 1 saturated carbocycles. The number of amides is 1. The van der Waals surface area contributed by atoms with Crippen LogP contribution < -0.4 is 15.2 Å². The standard InChI is InChI=1S/C24H24F3NO4/c25-24(26,27)19-7-3-4-8-21(19)32-18-12-9-17(10-13-18)15-20(23(30)31)28-22(29)14-11-16-5-1-2-6-16/h3-4,7-10,12-13,15-16H,1-2,5-6,11,14H2,(H,28,29)(H,30,31)/p-1/b20-15-. The Morgan fingerprint density at radius 2 is 1.72 bits per heavy atom. The Labute approximate surface area is 183 Å². The molecule has 0 aromatic heterocycles. The second-order valence-corrected chi connectivity index (χ2v) is 7.75. The molecule has 0 bridgehead atoms. The molecule has 170 valence electrons. The van der Waals surface area contributed by atoms with E-state index in [0.29, 0.717) is 11.5 Å². The van der Waals surface area contributed by atoms with Crippen molar-refractivity contribution in [2.75, 3.05) is 0 Å². The molecule has 0 aliphatic heterocycles. The van der Waals surface area contributed by atoms with Crippen LogP contribution in [0.15, 0.2) is 54.2 Å². The zero-order valence-electron chi connectivity index (χ0n) is 17.3. The molecule has 0 radical (unpaired) electrons. The highest BCUT2D eigenvalue weighted by Crippen LogP contribution is 2.37. The molecule has 0 heterocycles. The first-order chi connectivity index (χ1) is 15.2. The van der Waals surface area contributed by atoms with Crippen LogP contribution in [0.1, 0.15) is 49.7 Å². The van der Waals surface area contributed by atoms with Crippen LogP contribution in [0.2, 0.25) is 0 Å². The second-order valence-electron chi connectivity index (χ2n) is 7.75. The molecule has 1 amide bonds. The number of alkyl halides is 3. The normalized spacial score (nSPS) is 14.9. The quantitative estimate of drug-likeness (QED) is 0.598. The van der Waals surface area contributed by atoms with Gasteiger partial charge in [-0.2, -0.15) is 13.2 Å². The summed E-state index contributed by atoms with van der Waals surface area (Å²) in [6.45, 7) is 0. The van der Waals surface area contributed by atoms with Crippen LogP contribution >= 0.6 is 0 Å². The minimum Gasteiger partial charge on any atom is -0.543 e. The van der Waals surface area contributed by atoms with Gasteiger partial charge >= 0.3 is 6.18 Å². The summed E-state index contributed by atoms with van der Waals surface area (Å²) < 4.78 is 44.6. The highest BCUT2D eigenvalue weighted by Gasteiger charge is 2.34. The van der Waals surface area contributed by atoms with E-state index in [4.69, 9.17) is 4.74 Å². The molecule has 32 heavy (non-hydrogen) atoms. The summed E-state index contributed by atoms with van der Waals surface area (Å²) in [5.74, 6) is -1.61. The molecule has 0 atom stereocenters. The summed E-state index contributed by atoms with van der Waals surface area (Å²) in [5, 5.41) is 13.8. The number of hydrogen-bond acceptors (Lipinski definition) is 4. The van der Waals surface area contributed by atoms with Crippen molar-refractivity contribution in [3.63, 3.8) is 0 Å². The molecule has 2 aromatic carbocycles. The Bertz CT molecular complexity index is 977. The SMILES string of the molecule is O=C(CCC1CCCC1)N/C(=C\c1ccc(Oc2ccccc2C(F)(F)F)cc1)C(=O)[O-]. The van der Waals surface area contributed by atoms with E-state index >= 15 is 0 Å². The molecule has 5 nitrogen and oxygen atoms in total. The molecule has 8 heteroatoms. The Morgan fingerprint density at radius 3 is 2.34 bits per heavy atom. The number of rotatable bonds is 8. The zero-order valence-corrected chi connectivity index (χ0v) is 17.3. The molecule has 1 fully saturated rings. The van der Waals surface area contributed by atoms with Crippen LogP contribution in [0.25, 0.3) is 6.08 Å². The van der Waals surface area contributed by atoms with E-state index in [1.165, 1.54) is 48.5 Å². The fourth-order valence-electron chi connectivity index (χ4n) is 3.71. The van der Waals surface area contributed by atoms with E-state index in [1.807, 2.05) is 0 Å². The number of carboxylic acids is 1. The third-order valence-corrected chi connectivity index (χ3v) is 5.36. The van der Waals surface area contributed by atoms with E-state index in [-0.39, 0.29) is 23.6 Å². The van der Waals surface area contributed by atoms with E-state index in [9.17, 15) is 27.9 Å². The first-order valence-corrected chi connectivity index (χ1v) is 10.4. The lowest BCUT2D eigenvalue weighted by atomic mass is 10.0. The Hall–Kier alpha value is -3.29. The van der Waals surface area contributed by atoms with Gasteiger partial charge < -0.3 is 20.0 Å². The fraction of sp³-hybridized carbons (Fsp3) is 0.333. The van der Waals surface area contributed by atoms with Crippen molar-refractivity contribution in [3.8, 4) is 11.5 Å². The van der Waals surface area contributed by atoms with Gasteiger partial charge in [0.05, 0.1) is 17.2 Å². The van der Waals surface area contributed by atoms with Gasteiger partial charge in [0.2, 0.25) is 5.91 Å². The predicted molar refractivity (Wildman–Crippen MR) is 110 cm³/mol. The highest BCUT2D eigenvalue weighted by atomic mass is 19.4. The number of aliphatic carboxylic acids is 1. The Balaban J connectivity index is 1.65. The summed E-state index contributed by atoms with van der Waals surface area (Å²) in [4.78, 5) is 23.5. The number of hydrogen-bond donors (Lipinski definition) is 1. The maximum atomic E-state index is 13.1. The van der Waals surface area contributed by atoms with Crippen LogP contribution in [-0.4, -0.2) is 11.9 Å². The van der Waals surface area contributed by atoms with Gasteiger partial charge in [-0.05, 0) is 48.2 Å². The fourth-order valence-corrected chi connectivity index (χ4v) is 3.71. The van der Waals surface area contributed by atoms with Gasteiger partial charge in [0.1, 0.15) is 11.5 Å². The van der Waals surface area contributed by atoms with Crippen molar-refractivity contribution in [2.45, 2.75) is 44.7 Å². The maximum Gasteiger partial charge on any atom is 0.419 e. The zero-order chi connectivity index (χ0) is 23.1. The monoisotopic (exact) mass is 446 g/mol. The van der Waals surface area contributed by atoms with Crippen LogP contribution in [0.3, 0.4) is 0 Å². The van der Waals surface area contributed by atoms with Gasteiger partial charge in [-0.3, -0.25) is 4.79 Å². The van der Waals surface area contributed by atoms with Crippen LogP contribution in [0, 0.1) is 5.92 Å². The smallest absolute Gasteiger partial charge is 0.419 e. The number of para-hydroxylation sites is 1. The van der Waals surface area contributed by atoms with E-state index in [1.54, 1.807) is 0 Å². The summed E-state index contributed by atoms with van der Waals surface area (Å²) in [7, 11) is 0. The lowest BCUT2D eigenvalue weighted by molar-refractivity contribution is -0.299. The minimum atomic E-state index is -4.56. The molecule has 1 N–H and O–H groups in total. The lowest BCUT2D eigenvalue weighted by Gasteiger charge is -2.14. The van der Waals surface area contributed by atoms with Gasteiger partial charge in [-0.15, -0.1) is 0 Å². The topological polar surface area (TPSA) is 78.5 Å². The average Bonchev–Trinajstić information content (AvgIpc) is 3.26. The first kappa shape index (κ1) is 23.4. The second kappa shape index (κ2) is 10.3. The molecule has 2 aromatic rings. The minimum absolute atomic E-state index is 0.148. The molecule has 0 unspecified atom stereocenters. The van der Waals surface area contributed by atoms with Gasteiger partial charge in [0.15, 0.2) is 0 Å². The Morgan fingerprint density at radius 1 is 1.06 bits per heavy atom. The molecule has 0 spiro atoms. The first-order valence-electron chi connectivity index (χ1n) is 10.4.